The zero-order valence-electron chi connectivity index (χ0n) is 24.9. The summed E-state index contributed by atoms with van der Waals surface area (Å²) in [5.74, 6) is 0.324. The second-order valence-corrected chi connectivity index (χ2v) is 11.4. The third-order valence-electron chi connectivity index (χ3n) is 7.03. The lowest BCUT2D eigenvalue weighted by atomic mass is 10.0. The number of hydrogen-bond donors (Lipinski definition) is 4. The van der Waals surface area contributed by atoms with Gasteiger partial charge >= 0.3 is 0 Å². The number of fused-ring (bicyclic) bond motifs is 2. The summed E-state index contributed by atoms with van der Waals surface area (Å²) in [6, 6.07) is 12.3. The summed E-state index contributed by atoms with van der Waals surface area (Å²) < 4.78 is 14.7. The van der Waals surface area contributed by atoms with E-state index < -0.39 is 0 Å². The van der Waals surface area contributed by atoms with E-state index in [0.717, 1.165) is 23.2 Å². The maximum absolute atomic E-state index is 14.7. The molecule has 0 atom stereocenters. The van der Waals surface area contributed by atoms with Crippen molar-refractivity contribution in [1.82, 2.24) is 40.0 Å². The first-order valence-corrected chi connectivity index (χ1v) is 14.4. The van der Waals surface area contributed by atoms with Gasteiger partial charge in [-0.05, 0) is 68.0 Å². The molecule has 0 bridgehead atoms. The molecular formula is C32H33FN10O. The fraction of sp³-hybridized carbons (Fsp3) is 0.250. The Bertz CT molecular complexity index is 1960. The molecular weight excluding hydrogens is 559 g/mol. The molecule has 0 spiro atoms. The second kappa shape index (κ2) is 12.2. The van der Waals surface area contributed by atoms with Crippen molar-refractivity contribution in [3.63, 3.8) is 0 Å². The monoisotopic (exact) mass is 592 g/mol. The number of amides is 1. The molecule has 1 aromatic carbocycles. The highest BCUT2D eigenvalue weighted by atomic mass is 19.1. The Hall–Kier alpha value is -5.23. The summed E-state index contributed by atoms with van der Waals surface area (Å²) in [6.45, 7) is 5.50. The molecule has 12 heteroatoms. The number of pyridine rings is 3. The van der Waals surface area contributed by atoms with Gasteiger partial charge in [-0.1, -0.05) is 13.8 Å². The van der Waals surface area contributed by atoms with Crippen LogP contribution in [0.25, 0.3) is 56.1 Å². The van der Waals surface area contributed by atoms with Crippen LogP contribution in [0.1, 0.15) is 20.3 Å². The van der Waals surface area contributed by atoms with Crippen molar-refractivity contribution in [2.45, 2.75) is 20.3 Å². The Morgan fingerprint density at radius 2 is 1.86 bits per heavy atom. The maximum atomic E-state index is 14.7. The van der Waals surface area contributed by atoms with Gasteiger partial charge in [0.1, 0.15) is 11.3 Å². The molecule has 0 saturated heterocycles. The van der Waals surface area contributed by atoms with Gasteiger partial charge in [0, 0.05) is 48.7 Å². The normalized spacial score (nSPS) is 11.6. The van der Waals surface area contributed by atoms with E-state index in [0.29, 0.717) is 63.8 Å². The predicted octanol–water partition coefficient (Wildman–Crippen LogP) is 5.72. The lowest BCUT2D eigenvalue weighted by Crippen LogP contribution is -2.20. The number of nitrogens with one attached hydrogen (secondary N) is 4. The molecule has 44 heavy (non-hydrogen) atoms. The van der Waals surface area contributed by atoms with E-state index in [4.69, 9.17) is 9.97 Å². The smallest absolute Gasteiger partial charge is 0.224 e. The van der Waals surface area contributed by atoms with Gasteiger partial charge in [0.15, 0.2) is 17.2 Å². The molecule has 5 heterocycles. The van der Waals surface area contributed by atoms with Gasteiger partial charge in [-0.25, -0.2) is 19.3 Å². The van der Waals surface area contributed by atoms with Gasteiger partial charge < -0.3 is 20.5 Å². The van der Waals surface area contributed by atoms with Crippen LogP contribution in [-0.4, -0.2) is 73.1 Å². The van der Waals surface area contributed by atoms with Gasteiger partial charge in [0.2, 0.25) is 5.91 Å². The standard InChI is InChI=1S/C32H33FN10O/c1-18(2)11-27(44)37-23-14-20(16-34-17-23)25-5-6-26-29(38-25)30(42-41-26)32-39-28-24(7-8-36-31(28)40-32)19-12-21(33)15-22(13-19)35-9-10-43(3)4/h5-8,12-18,35H,9-11H2,1-4H3,(H,37,44)(H,41,42)(H,36,39,40). The van der Waals surface area contributed by atoms with Gasteiger partial charge in [-0.3, -0.25) is 14.9 Å². The van der Waals surface area contributed by atoms with E-state index in [1.54, 1.807) is 18.6 Å². The number of carbonyl (C=O) groups is 1. The Morgan fingerprint density at radius 3 is 2.68 bits per heavy atom. The zero-order chi connectivity index (χ0) is 30.8. The number of imidazole rings is 1. The van der Waals surface area contributed by atoms with Crippen LogP contribution in [0.4, 0.5) is 15.8 Å². The lowest BCUT2D eigenvalue weighted by Gasteiger charge is -2.13. The molecule has 4 N–H and O–H groups in total. The summed E-state index contributed by atoms with van der Waals surface area (Å²) >= 11 is 0. The Labute approximate surface area is 253 Å². The first-order chi connectivity index (χ1) is 21.2. The third kappa shape index (κ3) is 6.25. The van der Waals surface area contributed by atoms with Crippen molar-refractivity contribution < 1.29 is 9.18 Å². The van der Waals surface area contributed by atoms with Crippen LogP contribution >= 0.6 is 0 Å². The maximum Gasteiger partial charge on any atom is 0.224 e. The fourth-order valence-corrected chi connectivity index (χ4v) is 4.99. The van der Waals surface area contributed by atoms with Gasteiger partial charge in [-0.15, -0.1) is 0 Å². The third-order valence-corrected chi connectivity index (χ3v) is 7.03. The summed E-state index contributed by atoms with van der Waals surface area (Å²) in [5.41, 5.74) is 7.16. The second-order valence-electron chi connectivity index (χ2n) is 11.4. The van der Waals surface area contributed by atoms with Gasteiger partial charge in [0.05, 0.1) is 28.6 Å². The average molecular weight is 593 g/mol. The number of likely N-dealkylation sites (N-methyl/N-ethyl adjacent to an activating group) is 1. The average Bonchev–Trinajstić information content (AvgIpc) is 3.60. The highest BCUT2D eigenvalue weighted by Gasteiger charge is 2.18. The Kier molecular flexibility index (Phi) is 7.99. The van der Waals surface area contributed by atoms with Crippen molar-refractivity contribution in [3.05, 3.63) is 66.9 Å². The van der Waals surface area contributed by atoms with E-state index in [1.807, 2.05) is 58.3 Å². The molecule has 0 fully saturated rings. The topological polar surface area (TPSA) is 140 Å². The largest absolute Gasteiger partial charge is 0.384 e. The molecule has 0 saturated carbocycles. The number of H-pyrrole nitrogens is 2. The number of aromatic amines is 2. The van der Waals surface area contributed by atoms with E-state index in [9.17, 15) is 9.18 Å². The Balaban J connectivity index is 1.33. The molecule has 11 nitrogen and oxygen atoms in total. The number of carbonyl (C=O) groups excluding carboxylic acids is 1. The van der Waals surface area contributed by atoms with E-state index in [1.165, 1.54) is 12.1 Å². The minimum absolute atomic E-state index is 0.0626. The number of benzene rings is 1. The quantitative estimate of drug-likeness (QED) is 0.158. The Morgan fingerprint density at radius 1 is 1.02 bits per heavy atom. The van der Waals surface area contributed by atoms with Crippen molar-refractivity contribution in [1.29, 1.82) is 0 Å². The number of rotatable bonds is 10. The molecule has 1 amide bonds. The predicted molar refractivity (Wildman–Crippen MR) is 171 cm³/mol. The first kappa shape index (κ1) is 28.9. The summed E-state index contributed by atoms with van der Waals surface area (Å²) in [7, 11) is 3.98. The molecule has 0 aliphatic heterocycles. The molecule has 5 aromatic heterocycles. The van der Waals surface area contributed by atoms with Crippen LogP contribution in [0.3, 0.4) is 0 Å². The SMILES string of the molecule is CC(C)CC(=O)Nc1cncc(-c2ccc3[nH]nc(-c4nc5nccc(-c6cc(F)cc(NCCN(C)C)c6)c5[nH]4)c3n2)c1. The minimum atomic E-state index is -0.340. The van der Waals surface area contributed by atoms with Crippen LogP contribution < -0.4 is 10.6 Å². The van der Waals surface area contributed by atoms with Crippen molar-refractivity contribution in [2.75, 3.05) is 37.8 Å². The molecule has 6 aromatic rings. The van der Waals surface area contributed by atoms with E-state index in [2.05, 4.69) is 40.7 Å². The summed E-state index contributed by atoms with van der Waals surface area (Å²) in [6.07, 6.45) is 5.40. The first-order valence-electron chi connectivity index (χ1n) is 14.4. The fourth-order valence-electron chi connectivity index (χ4n) is 4.99. The zero-order valence-corrected chi connectivity index (χ0v) is 24.9. The molecule has 0 unspecified atom stereocenters. The summed E-state index contributed by atoms with van der Waals surface area (Å²) in [5, 5.41) is 13.7. The van der Waals surface area contributed by atoms with Crippen molar-refractivity contribution >= 4 is 39.5 Å². The number of aromatic nitrogens is 7. The highest BCUT2D eigenvalue weighted by molar-refractivity contribution is 5.95. The van der Waals surface area contributed by atoms with Crippen LogP contribution in [0.5, 0.6) is 0 Å². The molecule has 0 aliphatic rings. The van der Waals surface area contributed by atoms with E-state index >= 15 is 0 Å². The van der Waals surface area contributed by atoms with Crippen LogP contribution in [0, 0.1) is 11.7 Å². The highest BCUT2D eigenvalue weighted by Crippen LogP contribution is 2.32. The van der Waals surface area contributed by atoms with Crippen molar-refractivity contribution in [3.8, 4) is 33.9 Å². The van der Waals surface area contributed by atoms with Crippen LogP contribution in [0.15, 0.2) is 61.1 Å². The summed E-state index contributed by atoms with van der Waals surface area (Å²) in [4.78, 5) is 36.1. The van der Waals surface area contributed by atoms with Gasteiger partial charge in [0.25, 0.3) is 0 Å². The number of hydrogen-bond acceptors (Lipinski definition) is 8. The lowest BCUT2D eigenvalue weighted by molar-refractivity contribution is -0.116. The molecule has 224 valence electrons. The minimum Gasteiger partial charge on any atom is -0.384 e. The van der Waals surface area contributed by atoms with E-state index in [-0.39, 0.29) is 17.6 Å². The number of nitrogens with zero attached hydrogens (tertiary/aromatic N) is 6. The number of halogens is 1. The van der Waals surface area contributed by atoms with Gasteiger partial charge in [-0.2, -0.15) is 5.10 Å². The number of anilines is 2. The van der Waals surface area contributed by atoms with Crippen LogP contribution in [0.2, 0.25) is 0 Å². The molecule has 0 radical (unpaired) electrons. The molecule has 6 rings (SSSR count). The van der Waals surface area contributed by atoms with Crippen LogP contribution in [-0.2, 0) is 4.79 Å². The molecule has 0 aliphatic carbocycles. The van der Waals surface area contributed by atoms with Crippen molar-refractivity contribution in [2.24, 2.45) is 5.92 Å².